The topological polar surface area (TPSA) is 46.3 Å². The first-order chi connectivity index (χ1) is 10.0. The van der Waals surface area contributed by atoms with Crippen molar-refractivity contribution < 1.29 is 9.18 Å². The van der Waals surface area contributed by atoms with Crippen LogP contribution in [0.4, 0.5) is 4.39 Å². The summed E-state index contributed by atoms with van der Waals surface area (Å²) in [6.07, 6.45) is 2.89. The predicted octanol–water partition coefficient (Wildman–Crippen LogP) is 2.94. The maximum atomic E-state index is 13.3. The van der Waals surface area contributed by atoms with Gasteiger partial charge in [0.05, 0.1) is 5.92 Å². The van der Waals surface area contributed by atoms with Crippen molar-refractivity contribution in [3.63, 3.8) is 0 Å². The lowest BCUT2D eigenvalue weighted by Crippen LogP contribution is -2.40. The van der Waals surface area contributed by atoms with Crippen molar-refractivity contribution in [1.29, 1.82) is 0 Å². The van der Waals surface area contributed by atoms with Crippen molar-refractivity contribution >= 4 is 5.91 Å². The number of hydrogen-bond donors (Lipinski definition) is 1. The van der Waals surface area contributed by atoms with Crippen LogP contribution in [0.5, 0.6) is 0 Å². The fourth-order valence-corrected chi connectivity index (χ4v) is 2.71. The minimum absolute atomic E-state index is 0.123. The van der Waals surface area contributed by atoms with E-state index in [1.807, 2.05) is 11.0 Å². The highest BCUT2D eigenvalue weighted by atomic mass is 19.1. The summed E-state index contributed by atoms with van der Waals surface area (Å²) in [5.41, 5.74) is 6.63. The van der Waals surface area contributed by atoms with Crippen LogP contribution in [0, 0.1) is 17.7 Å². The first-order valence-electron chi connectivity index (χ1n) is 7.76. The summed E-state index contributed by atoms with van der Waals surface area (Å²) < 4.78 is 13.3. The molecule has 2 N–H and O–H groups in total. The first kappa shape index (κ1) is 16.0. The standard InChI is InChI=1S/C17H25FN2O/c1-12(2)8-14(10-19)17(21)20(16-6-7-16)11-13-4-3-5-15(18)9-13/h3-5,9,12,14,16H,6-8,10-11,19H2,1-2H3. The molecule has 1 atom stereocenters. The monoisotopic (exact) mass is 292 g/mol. The molecule has 1 aliphatic rings. The highest BCUT2D eigenvalue weighted by Gasteiger charge is 2.35. The number of hydrogen-bond acceptors (Lipinski definition) is 2. The van der Waals surface area contributed by atoms with E-state index in [4.69, 9.17) is 5.73 Å². The summed E-state index contributed by atoms with van der Waals surface area (Å²) in [6.45, 7) is 5.06. The van der Waals surface area contributed by atoms with E-state index in [0.29, 0.717) is 25.0 Å². The van der Waals surface area contributed by atoms with E-state index in [1.165, 1.54) is 12.1 Å². The van der Waals surface area contributed by atoms with E-state index in [1.54, 1.807) is 6.07 Å². The Morgan fingerprint density at radius 1 is 1.43 bits per heavy atom. The molecule has 4 heteroatoms. The van der Waals surface area contributed by atoms with Gasteiger partial charge in [-0.05, 0) is 42.9 Å². The van der Waals surface area contributed by atoms with Gasteiger partial charge >= 0.3 is 0 Å². The molecule has 0 saturated heterocycles. The molecular weight excluding hydrogens is 267 g/mol. The number of rotatable bonds is 7. The SMILES string of the molecule is CC(C)CC(CN)C(=O)N(Cc1cccc(F)c1)C1CC1. The second kappa shape index (κ2) is 7.03. The van der Waals surface area contributed by atoms with E-state index < -0.39 is 0 Å². The molecule has 2 rings (SSSR count). The van der Waals surface area contributed by atoms with Gasteiger partial charge in [0.1, 0.15) is 5.82 Å². The fourth-order valence-electron chi connectivity index (χ4n) is 2.71. The molecule has 1 aromatic carbocycles. The molecule has 0 aromatic heterocycles. The third-order valence-electron chi connectivity index (χ3n) is 3.90. The summed E-state index contributed by atoms with van der Waals surface area (Å²) in [5.74, 6) is 0.183. The van der Waals surface area contributed by atoms with Crippen LogP contribution in [-0.4, -0.2) is 23.4 Å². The largest absolute Gasteiger partial charge is 0.335 e. The zero-order valence-electron chi connectivity index (χ0n) is 12.9. The summed E-state index contributed by atoms with van der Waals surface area (Å²) in [7, 11) is 0. The second-order valence-corrected chi connectivity index (χ2v) is 6.39. The fraction of sp³-hybridized carbons (Fsp3) is 0.588. The molecule has 1 fully saturated rings. The van der Waals surface area contributed by atoms with Gasteiger partial charge < -0.3 is 10.6 Å². The Labute approximate surface area is 126 Å². The van der Waals surface area contributed by atoms with Crippen LogP contribution in [0.1, 0.15) is 38.7 Å². The second-order valence-electron chi connectivity index (χ2n) is 6.39. The lowest BCUT2D eigenvalue weighted by atomic mass is 9.95. The maximum absolute atomic E-state index is 13.3. The van der Waals surface area contributed by atoms with Crippen molar-refractivity contribution in [1.82, 2.24) is 4.90 Å². The molecule has 1 amide bonds. The Balaban J connectivity index is 2.09. The van der Waals surface area contributed by atoms with E-state index in [0.717, 1.165) is 24.8 Å². The normalized spacial score (nSPS) is 16.0. The number of amides is 1. The van der Waals surface area contributed by atoms with Crippen LogP contribution in [-0.2, 0) is 11.3 Å². The van der Waals surface area contributed by atoms with Gasteiger partial charge in [-0.15, -0.1) is 0 Å². The average Bonchev–Trinajstić information content (AvgIpc) is 3.26. The van der Waals surface area contributed by atoms with Gasteiger partial charge in [-0.3, -0.25) is 4.79 Å². The van der Waals surface area contributed by atoms with Crippen molar-refractivity contribution in [3.05, 3.63) is 35.6 Å². The van der Waals surface area contributed by atoms with E-state index in [9.17, 15) is 9.18 Å². The summed E-state index contributed by atoms with van der Waals surface area (Å²) in [4.78, 5) is 14.6. The summed E-state index contributed by atoms with van der Waals surface area (Å²) >= 11 is 0. The zero-order chi connectivity index (χ0) is 15.4. The Bertz CT molecular complexity index is 485. The smallest absolute Gasteiger partial charge is 0.227 e. The Morgan fingerprint density at radius 2 is 2.14 bits per heavy atom. The van der Waals surface area contributed by atoms with Gasteiger partial charge in [0.2, 0.25) is 5.91 Å². The van der Waals surface area contributed by atoms with Gasteiger partial charge in [0, 0.05) is 19.1 Å². The molecular formula is C17H25FN2O. The van der Waals surface area contributed by atoms with Crippen molar-refractivity contribution in [2.75, 3.05) is 6.54 Å². The highest BCUT2D eigenvalue weighted by Crippen LogP contribution is 2.30. The quantitative estimate of drug-likeness (QED) is 0.840. The molecule has 0 aliphatic heterocycles. The van der Waals surface area contributed by atoms with Crippen LogP contribution in [0.2, 0.25) is 0 Å². The Hall–Kier alpha value is -1.42. The van der Waals surface area contributed by atoms with Gasteiger partial charge in [0.25, 0.3) is 0 Å². The van der Waals surface area contributed by atoms with Gasteiger partial charge in [-0.25, -0.2) is 4.39 Å². The van der Waals surface area contributed by atoms with Gasteiger partial charge in [0.15, 0.2) is 0 Å². The van der Waals surface area contributed by atoms with Crippen LogP contribution >= 0.6 is 0 Å². The van der Waals surface area contributed by atoms with E-state index in [2.05, 4.69) is 13.8 Å². The molecule has 1 saturated carbocycles. The van der Waals surface area contributed by atoms with Gasteiger partial charge in [-0.1, -0.05) is 26.0 Å². The van der Waals surface area contributed by atoms with Crippen molar-refractivity contribution in [2.24, 2.45) is 17.6 Å². The van der Waals surface area contributed by atoms with Crippen molar-refractivity contribution in [2.45, 2.75) is 45.7 Å². The molecule has 0 radical (unpaired) electrons. The summed E-state index contributed by atoms with van der Waals surface area (Å²) in [5, 5.41) is 0. The third-order valence-corrected chi connectivity index (χ3v) is 3.90. The zero-order valence-corrected chi connectivity index (χ0v) is 12.9. The number of halogens is 1. The number of nitrogens with two attached hydrogens (primary N) is 1. The lowest BCUT2D eigenvalue weighted by Gasteiger charge is -2.28. The first-order valence-corrected chi connectivity index (χ1v) is 7.76. The highest BCUT2D eigenvalue weighted by molar-refractivity contribution is 5.79. The molecule has 1 unspecified atom stereocenters. The van der Waals surface area contributed by atoms with Crippen molar-refractivity contribution in [3.8, 4) is 0 Å². The van der Waals surface area contributed by atoms with Crippen LogP contribution in [0.15, 0.2) is 24.3 Å². The number of carbonyl (C=O) groups excluding carboxylic acids is 1. The minimum Gasteiger partial charge on any atom is -0.335 e. The summed E-state index contributed by atoms with van der Waals surface area (Å²) in [6, 6.07) is 6.79. The maximum Gasteiger partial charge on any atom is 0.227 e. The van der Waals surface area contributed by atoms with E-state index in [-0.39, 0.29) is 17.6 Å². The Kier molecular flexibility index (Phi) is 5.34. The average molecular weight is 292 g/mol. The predicted molar refractivity (Wildman–Crippen MR) is 82.0 cm³/mol. The number of benzene rings is 1. The molecule has 21 heavy (non-hydrogen) atoms. The molecule has 3 nitrogen and oxygen atoms in total. The van der Waals surface area contributed by atoms with Gasteiger partial charge in [-0.2, -0.15) is 0 Å². The van der Waals surface area contributed by atoms with E-state index >= 15 is 0 Å². The molecule has 0 spiro atoms. The minimum atomic E-state index is -0.256. The molecule has 1 aliphatic carbocycles. The Morgan fingerprint density at radius 3 is 2.67 bits per heavy atom. The molecule has 1 aromatic rings. The molecule has 116 valence electrons. The lowest BCUT2D eigenvalue weighted by molar-refractivity contribution is -0.137. The van der Waals surface area contributed by atoms with Crippen LogP contribution in [0.25, 0.3) is 0 Å². The van der Waals surface area contributed by atoms with Crippen LogP contribution < -0.4 is 5.73 Å². The number of nitrogens with zero attached hydrogens (tertiary/aromatic N) is 1. The number of carbonyl (C=O) groups is 1. The molecule has 0 heterocycles. The van der Waals surface area contributed by atoms with Crippen LogP contribution in [0.3, 0.4) is 0 Å². The molecule has 0 bridgehead atoms. The third kappa shape index (κ3) is 4.53.